The average molecular weight is 390 g/mol. The Bertz CT molecular complexity index is 819. The Morgan fingerprint density at radius 1 is 1.31 bits per heavy atom. The molecule has 0 aromatic heterocycles. The van der Waals surface area contributed by atoms with Gasteiger partial charge in [0, 0.05) is 30.7 Å². The molecule has 26 heavy (non-hydrogen) atoms. The van der Waals surface area contributed by atoms with E-state index >= 15 is 0 Å². The molecule has 1 saturated heterocycles. The molecule has 2 aliphatic heterocycles. The van der Waals surface area contributed by atoms with Gasteiger partial charge in [-0.1, -0.05) is 6.07 Å². The standard InChI is InChI=1S/C19H20ClN3O2S/c20-7-1-8-22-9-6-13-10-12(2-5-16(13)22)11-15-17(24)21-19(26)23(18(15)25)14-3-4-14/h2,5,10-11,14H,1,3-4,6-9H2,(H,21,24,26)/b15-11+. The van der Waals surface area contributed by atoms with Crippen LogP contribution in [0.3, 0.4) is 0 Å². The molecule has 2 fully saturated rings. The van der Waals surface area contributed by atoms with E-state index in [1.165, 1.54) is 11.3 Å². The van der Waals surface area contributed by atoms with Gasteiger partial charge in [0.2, 0.25) is 0 Å². The van der Waals surface area contributed by atoms with Crippen molar-refractivity contribution in [3.8, 4) is 0 Å². The number of fused-ring (bicyclic) bond motifs is 1. The zero-order valence-electron chi connectivity index (χ0n) is 14.3. The Kier molecular flexibility index (Phi) is 4.71. The predicted octanol–water partition coefficient (Wildman–Crippen LogP) is 2.47. The fraction of sp³-hybridized carbons (Fsp3) is 0.421. The molecule has 4 rings (SSSR count). The minimum Gasteiger partial charge on any atom is -0.371 e. The molecule has 0 spiro atoms. The number of nitrogens with zero attached hydrogens (tertiary/aromatic N) is 2. The lowest BCUT2D eigenvalue weighted by molar-refractivity contribution is -0.129. The number of alkyl halides is 1. The maximum absolute atomic E-state index is 12.7. The summed E-state index contributed by atoms with van der Waals surface area (Å²) >= 11 is 11.0. The van der Waals surface area contributed by atoms with E-state index in [1.807, 2.05) is 6.07 Å². The fourth-order valence-electron chi connectivity index (χ4n) is 3.56. The molecular formula is C19H20ClN3O2S. The van der Waals surface area contributed by atoms with Gasteiger partial charge in [-0.05, 0) is 67.2 Å². The van der Waals surface area contributed by atoms with Crippen molar-refractivity contribution in [1.29, 1.82) is 0 Å². The van der Waals surface area contributed by atoms with Crippen LogP contribution in [0.4, 0.5) is 5.69 Å². The normalized spacial score (nSPS) is 21.4. The second kappa shape index (κ2) is 7.00. The number of hydrogen-bond acceptors (Lipinski definition) is 4. The van der Waals surface area contributed by atoms with Gasteiger partial charge in [-0.2, -0.15) is 0 Å². The summed E-state index contributed by atoms with van der Waals surface area (Å²) in [7, 11) is 0. The number of rotatable bonds is 5. The topological polar surface area (TPSA) is 52.7 Å². The number of amides is 2. The van der Waals surface area contributed by atoms with Gasteiger partial charge in [0.15, 0.2) is 5.11 Å². The van der Waals surface area contributed by atoms with E-state index in [1.54, 1.807) is 11.0 Å². The SMILES string of the molecule is O=C1NC(=S)N(C2CC2)C(=O)/C1=C/c1ccc2c(c1)CCN2CCCCl. The number of anilines is 1. The summed E-state index contributed by atoms with van der Waals surface area (Å²) in [5.41, 5.74) is 3.48. The first kappa shape index (κ1) is 17.5. The largest absolute Gasteiger partial charge is 0.371 e. The molecule has 0 bridgehead atoms. The second-order valence-corrected chi connectivity index (χ2v) is 7.66. The highest BCUT2D eigenvalue weighted by Crippen LogP contribution is 2.32. The molecule has 7 heteroatoms. The highest BCUT2D eigenvalue weighted by Gasteiger charge is 2.42. The Balaban J connectivity index is 1.59. The van der Waals surface area contributed by atoms with E-state index in [4.69, 9.17) is 23.8 Å². The van der Waals surface area contributed by atoms with Crippen LogP contribution in [0.1, 0.15) is 30.4 Å². The molecule has 1 N–H and O–H groups in total. The first-order chi connectivity index (χ1) is 12.6. The third kappa shape index (κ3) is 3.23. The molecule has 1 aliphatic carbocycles. The van der Waals surface area contributed by atoms with Crippen molar-refractivity contribution >= 4 is 52.5 Å². The lowest BCUT2D eigenvalue weighted by Crippen LogP contribution is -2.54. The van der Waals surface area contributed by atoms with Crippen LogP contribution in [0.15, 0.2) is 23.8 Å². The first-order valence-electron chi connectivity index (χ1n) is 8.93. The van der Waals surface area contributed by atoms with Gasteiger partial charge < -0.3 is 4.90 Å². The van der Waals surface area contributed by atoms with Gasteiger partial charge >= 0.3 is 0 Å². The minimum absolute atomic E-state index is 0.134. The van der Waals surface area contributed by atoms with Crippen LogP contribution in [-0.4, -0.2) is 46.8 Å². The van der Waals surface area contributed by atoms with Crippen LogP contribution in [0.5, 0.6) is 0 Å². The van der Waals surface area contributed by atoms with Gasteiger partial charge in [-0.15, -0.1) is 11.6 Å². The minimum atomic E-state index is -0.416. The van der Waals surface area contributed by atoms with Crippen molar-refractivity contribution in [2.75, 3.05) is 23.9 Å². The average Bonchev–Trinajstić information content (AvgIpc) is 3.36. The lowest BCUT2D eigenvalue weighted by atomic mass is 10.0. The molecule has 2 amide bonds. The summed E-state index contributed by atoms with van der Waals surface area (Å²) in [5, 5.41) is 2.87. The summed E-state index contributed by atoms with van der Waals surface area (Å²) < 4.78 is 0. The van der Waals surface area contributed by atoms with Crippen LogP contribution in [0.2, 0.25) is 0 Å². The number of carbonyl (C=O) groups is 2. The Hall–Kier alpha value is -1.92. The summed E-state index contributed by atoms with van der Waals surface area (Å²) in [6, 6.07) is 6.23. The molecule has 1 saturated carbocycles. The molecule has 2 heterocycles. The number of hydrogen-bond donors (Lipinski definition) is 1. The van der Waals surface area contributed by atoms with Crippen LogP contribution in [-0.2, 0) is 16.0 Å². The van der Waals surface area contributed by atoms with Crippen LogP contribution < -0.4 is 10.2 Å². The first-order valence-corrected chi connectivity index (χ1v) is 9.87. The van der Waals surface area contributed by atoms with Crippen LogP contribution in [0, 0.1) is 0 Å². The fourth-order valence-corrected chi connectivity index (χ4v) is 4.01. The van der Waals surface area contributed by atoms with Crippen LogP contribution >= 0.6 is 23.8 Å². The molecule has 1 aromatic carbocycles. The quantitative estimate of drug-likeness (QED) is 0.364. The number of thiocarbonyl (C=S) groups is 1. The zero-order valence-corrected chi connectivity index (χ0v) is 15.9. The Morgan fingerprint density at radius 2 is 2.12 bits per heavy atom. The Morgan fingerprint density at radius 3 is 2.85 bits per heavy atom. The van der Waals surface area contributed by atoms with Gasteiger partial charge in [0.25, 0.3) is 11.8 Å². The van der Waals surface area contributed by atoms with E-state index in [0.717, 1.165) is 44.3 Å². The number of benzene rings is 1. The third-order valence-electron chi connectivity index (χ3n) is 5.01. The summed E-state index contributed by atoms with van der Waals surface area (Å²) in [4.78, 5) is 28.9. The molecule has 0 radical (unpaired) electrons. The maximum Gasteiger partial charge on any atom is 0.265 e. The molecule has 0 atom stereocenters. The van der Waals surface area contributed by atoms with E-state index in [2.05, 4.69) is 22.3 Å². The molecule has 1 aromatic rings. The summed E-state index contributed by atoms with van der Waals surface area (Å²) in [5.74, 6) is -0.0429. The molecular weight excluding hydrogens is 370 g/mol. The van der Waals surface area contributed by atoms with E-state index in [0.29, 0.717) is 5.88 Å². The maximum atomic E-state index is 12.7. The molecule has 136 valence electrons. The van der Waals surface area contributed by atoms with Gasteiger partial charge in [0.05, 0.1) is 0 Å². The van der Waals surface area contributed by atoms with E-state index in [-0.39, 0.29) is 22.6 Å². The molecule has 0 unspecified atom stereocenters. The monoisotopic (exact) mass is 389 g/mol. The highest BCUT2D eigenvalue weighted by molar-refractivity contribution is 7.80. The predicted molar refractivity (Wildman–Crippen MR) is 106 cm³/mol. The number of carbonyl (C=O) groups excluding carboxylic acids is 2. The Labute approximate surface area is 163 Å². The lowest BCUT2D eigenvalue weighted by Gasteiger charge is -2.28. The highest BCUT2D eigenvalue weighted by atomic mass is 35.5. The number of halogens is 1. The molecule has 3 aliphatic rings. The number of nitrogens with one attached hydrogen (secondary N) is 1. The summed E-state index contributed by atoms with van der Waals surface area (Å²) in [6.45, 7) is 1.93. The van der Waals surface area contributed by atoms with Crippen molar-refractivity contribution < 1.29 is 9.59 Å². The van der Waals surface area contributed by atoms with Gasteiger partial charge in [0.1, 0.15) is 5.57 Å². The van der Waals surface area contributed by atoms with Crippen molar-refractivity contribution in [2.45, 2.75) is 31.7 Å². The summed E-state index contributed by atoms with van der Waals surface area (Å²) in [6.07, 6.45) is 5.47. The second-order valence-electron chi connectivity index (χ2n) is 6.89. The zero-order chi connectivity index (χ0) is 18.3. The van der Waals surface area contributed by atoms with Gasteiger partial charge in [-0.25, -0.2) is 0 Å². The van der Waals surface area contributed by atoms with Gasteiger partial charge in [-0.3, -0.25) is 19.8 Å². The van der Waals surface area contributed by atoms with E-state index in [9.17, 15) is 9.59 Å². The molecule has 5 nitrogen and oxygen atoms in total. The van der Waals surface area contributed by atoms with E-state index < -0.39 is 5.91 Å². The van der Waals surface area contributed by atoms with Crippen LogP contribution in [0.25, 0.3) is 6.08 Å². The van der Waals surface area contributed by atoms with Crippen molar-refractivity contribution in [3.05, 3.63) is 34.9 Å². The smallest absolute Gasteiger partial charge is 0.265 e. The van der Waals surface area contributed by atoms with Crippen molar-refractivity contribution in [2.24, 2.45) is 0 Å². The third-order valence-corrected chi connectivity index (χ3v) is 5.58. The van der Waals surface area contributed by atoms with Crippen molar-refractivity contribution in [1.82, 2.24) is 10.2 Å². The van der Waals surface area contributed by atoms with Crippen molar-refractivity contribution in [3.63, 3.8) is 0 Å².